The van der Waals surface area contributed by atoms with E-state index in [0.29, 0.717) is 17.0 Å². The van der Waals surface area contributed by atoms with Gasteiger partial charge in [-0.15, -0.1) is 0 Å². The van der Waals surface area contributed by atoms with Crippen LogP contribution in [0.1, 0.15) is 39.1 Å². The van der Waals surface area contributed by atoms with Gasteiger partial charge in [0.05, 0.1) is 0 Å². The summed E-state index contributed by atoms with van der Waals surface area (Å²) in [4.78, 5) is 25.3. The Hall–Kier alpha value is -2.42. The summed E-state index contributed by atoms with van der Waals surface area (Å²) in [5.74, 6) is 0.676. The van der Waals surface area contributed by atoms with E-state index in [1.54, 1.807) is 24.3 Å². The SMILES string of the molecule is O=Cc1cccc(C(=O)N2CCC(Cc3ccccc3)CC2)c1. The maximum absolute atomic E-state index is 12.5. The number of carbonyl (C=O) groups is 2. The molecule has 1 amide bonds. The fourth-order valence-electron chi connectivity index (χ4n) is 3.22. The van der Waals surface area contributed by atoms with Crippen molar-refractivity contribution >= 4 is 12.2 Å². The molecule has 1 fully saturated rings. The summed E-state index contributed by atoms with van der Waals surface area (Å²) in [6, 6.07) is 17.5. The Balaban J connectivity index is 1.58. The number of hydrogen-bond acceptors (Lipinski definition) is 2. The fraction of sp³-hybridized carbons (Fsp3) is 0.300. The summed E-state index contributed by atoms with van der Waals surface area (Å²) in [6.07, 6.45) is 3.94. The number of carbonyl (C=O) groups excluding carboxylic acids is 2. The maximum Gasteiger partial charge on any atom is 0.253 e. The van der Waals surface area contributed by atoms with Crippen LogP contribution in [0.4, 0.5) is 0 Å². The van der Waals surface area contributed by atoms with Crippen LogP contribution in [0.2, 0.25) is 0 Å². The molecule has 0 radical (unpaired) electrons. The lowest BCUT2D eigenvalue weighted by atomic mass is 9.90. The number of likely N-dealkylation sites (tertiary alicyclic amines) is 1. The van der Waals surface area contributed by atoms with Gasteiger partial charge >= 0.3 is 0 Å². The second-order valence-corrected chi connectivity index (χ2v) is 6.17. The molecule has 0 N–H and O–H groups in total. The predicted octanol–water partition coefficient (Wildman–Crippen LogP) is 3.59. The minimum atomic E-state index is 0.0341. The lowest BCUT2D eigenvalue weighted by Crippen LogP contribution is -2.38. The molecular weight excluding hydrogens is 286 g/mol. The Kier molecular flexibility index (Phi) is 4.86. The molecule has 3 heteroatoms. The van der Waals surface area contributed by atoms with Gasteiger partial charge in [0.1, 0.15) is 6.29 Å². The molecule has 0 bridgehead atoms. The highest BCUT2D eigenvalue weighted by molar-refractivity contribution is 5.95. The van der Waals surface area contributed by atoms with Crippen LogP contribution in [0.5, 0.6) is 0 Å². The summed E-state index contributed by atoms with van der Waals surface area (Å²) in [7, 11) is 0. The van der Waals surface area contributed by atoms with Crippen molar-refractivity contribution in [1.29, 1.82) is 0 Å². The molecule has 1 aliphatic heterocycles. The Morgan fingerprint density at radius 3 is 2.48 bits per heavy atom. The fourth-order valence-corrected chi connectivity index (χ4v) is 3.22. The molecular formula is C20H21NO2. The summed E-state index contributed by atoms with van der Waals surface area (Å²) in [6.45, 7) is 1.59. The van der Waals surface area contributed by atoms with Crippen molar-refractivity contribution in [2.75, 3.05) is 13.1 Å². The predicted molar refractivity (Wildman–Crippen MR) is 90.6 cm³/mol. The Morgan fingerprint density at radius 2 is 1.78 bits per heavy atom. The van der Waals surface area contributed by atoms with Crippen molar-refractivity contribution in [3.63, 3.8) is 0 Å². The van der Waals surface area contributed by atoms with Gasteiger partial charge in [-0.05, 0) is 42.9 Å². The largest absolute Gasteiger partial charge is 0.339 e. The zero-order valence-electron chi connectivity index (χ0n) is 13.2. The molecule has 0 aromatic heterocycles. The van der Waals surface area contributed by atoms with Crippen LogP contribution in [0.3, 0.4) is 0 Å². The maximum atomic E-state index is 12.5. The van der Waals surface area contributed by atoms with Gasteiger partial charge in [-0.1, -0.05) is 42.5 Å². The van der Waals surface area contributed by atoms with Gasteiger partial charge in [-0.25, -0.2) is 0 Å². The van der Waals surface area contributed by atoms with Crippen molar-refractivity contribution in [3.05, 3.63) is 71.3 Å². The molecule has 23 heavy (non-hydrogen) atoms. The van der Waals surface area contributed by atoms with Gasteiger partial charge in [0, 0.05) is 24.2 Å². The summed E-state index contributed by atoms with van der Waals surface area (Å²) in [5.41, 5.74) is 2.53. The number of benzene rings is 2. The van der Waals surface area contributed by atoms with Crippen molar-refractivity contribution in [1.82, 2.24) is 4.90 Å². The van der Waals surface area contributed by atoms with Crippen LogP contribution in [0, 0.1) is 5.92 Å². The summed E-state index contributed by atoms with van der Waals surface area (Å²) >= 11 is 0. The third kappa shape index (κ3) is 3.86. The molecule has 1 saturated heterocycles. The van der Waals surface area contributed by atoms with E-state index in [0.717, 1.165) is 38.6 Å². The first kappa shape index (κ1) is 15.5. The highest BCUT2D eigenvalue weighted by Gasteiger charge is 2.23. The van der Waals surface area contributed by atoms with E-state index in [-0.39, 0.29) is 5.91 Å². The smallest absolute Gasteiger partial charge is 0.253 e. The lowest BCUT2D eigenvalue weighted by molar-refractivity contribution is 0.0690. The van der Waals surface area contributed by atoms with Crippen LogP contribution in [0.15, 0.2) is 54.6 Å². The lowest BCUT2D eigenvalue weighted by Gasteiger charge is -2.32. The van der Waals surface area contributed by atoms with Gasteiger partial charge in [-0.3, -0.25) is 9.59 Å². The van der Waals surface area contributed by atoms with Crippen molar-refractivity contribution in [3.8, 4) is 0 Å². The average Bonchev–Trinajstić information content (AvgIpc) is 2.63. The Labute approximate surface area is 136 Å². The number of amides is 1. The van der Waals surface area contributed by atoms with E-state index < -0.39 is 0 Å². The quantitative estimate of drug-likeness (QED) is 0.809. The van der Waals surface area contributed by atoms with E-state index >= 15 is 0 Å². The molecule has 3 rings (SSSR count). The minimum Gasteiger partial charge on any atom is -0.339 e. The normalized spacial score (nSPS) is 15.4. The van der Waals surface area contributed by atoms with Gasteiger partial charge in [0.15, 0.2) is 0 Å². The zero-order chi connectivity index (χ0) is 16.1. The average molecular weight is 307 g/mol. The first-order valence-electron chi connectivity index (χ1n) is 8.14. The van der Waals surface area contributed by atoms with E-state index in [2.05, 4.69) is 24.3 Å². The van der Waals surface area contributed by atoms with E-state index in [4.69, 9.17) is 0 Å². The highest BCUT2D eigenvalue weighted by atomic mass is 16.2. The van der Waals surface area contributed by atoms with Crippen molar-refractivity contribution < 1.29 is 9.59 Å². The van der Waals surface area contributed by atoms with E-state index in [1.165, 1.54) is 5.56 Å². The van der Waals surface area contributed by atoms with Gasteiger partial charge < -0.3 is 4.90 Å². The standard InChI is InChI=1S/C20H21NO2/c22-15-18-7-4-8-19(14-18)20(23)21-11-9-17(10-12-21)13-16-5-2-1-3-6-16/h1-8,14-15,17H,9-13H2. The number of nitrogens with zero attached hydrogens (tertiary/aromatic N) is 1. The Bertz CT molecular complexity index is 673. The monoisotopic (exact) mass is 307 g/mol. The number of piperidine rings is 1. The molecule has 0 spiro atoms. The number of aldehydes is 1. The number of hydrogen-bond donors (Lipinski definition) is 0. The first-order chi connectivity index (χ1) is 11.3. The van der Waals surface area contributed by atoms with Crippen LogP contribution in [-0.2, 0) is 6.42 Å². The molecule has 2 aromatic carbocycles. The van der Waals surface area contributed by atoms with Gasteiger partial charge in [0.2, 0.25) is 0 Å². The van der Waals surface area contributed by atoms with Gasteiger partial charge in [-0.2, -0.15) is 0 Å². The number of rotatable bonds is 4. The molecule has 0 atom stereocenters. The third-order valence-electron chi connectivity index (χ3n) is 4.54. The molecule has 0 unspecified atom stereocenters. The third-order valence-corrected chi connectivity index (χ3v) is 4.54. The van der Waals surface area contributed by atoms with Crippen LogP contribution < -0.4 is 0 Å². The van der Waals surface area contributed by atoms with E-state index in [9.17, 15) is 9.59 Å². The molecule has 1 heterocycles. The minimum absolute atomic E-state index is 0.0341. The van der Waals surface area contributed by atoms with Gasteiger partial charge in [0.25, 0.3) is 5.91 Å². The molecule has 2 aromatic rings. The van der Waals surface area contributed by atoms with Crippen molar-refractivity contribution in [2.24, 2.45) is 5.92 Å². The highest BCUT2D eigenvalue weighted by Crippen LogP contribution is 2.23. The second-order valence-electron chi connectivity index (χ2n) is 6.17. The summed E-state index contributed by atoms with van der Waals surface area (Å²) < 4.78 is 0. The zero-order valence-corrected chi connectivity index (χ0v) is 13.2. The van der Waals surface area contributed by atoms with Crippen LogP contribution in [0.25, 0.3) is 0 Å². The van der Waals surface area contributed by atoms with Crippen molar-refractivity contribution in [2.45, 2.75) is 19.3 Å². The topological polar surface area (TPSA) is 37.4 Å². The first-order valence-corrected chi connectivity index (χ1v) is 8.14. The summed E-state index contributed by atoms with van der Waals surface area (Å²) in [5, 5.41) is 0. The van der Waals surface area contributed by atoms with Crippen LogP contribution in [-0.4, -0.2) is 30.2 Å². The molecule has 118 valence electrons. The van der Waals surface area contributed by atoms with E-state index in [1.807, 2.05) is 11.0 Å². The second kappa shape index (κ2) is 7.23. The Morgan fingerprint density at radius 1 is 1.04 bits per heavy atom. The molecule has 1 aliphatic rings. The van der Waals surface area contributed by atoms with Crippen LogP contribution >= 0.6 is 0 Å². The molecule has 0 saturated carbocycles. The molecule has 0 aliphatic carbocycles. The molecule has 3 nitrogen and oxygen atoms in total.